The fourth-order valence-corrected chi connectivity index (χ4v) is 1.26. The molecule has 0 bridgehead atoms. The highest BCUT2D eigenvalue weighted by Gasteiger charge is 1.98. The molecule has 2 heteroatoms. The molecule has 0 fully saturated rings. The second-order valence-corrected chi connectivity index (χ2v) is 3.13. The van der Waals surface area contributed by atoms with Crippen molar-refractivity contribution in [3.8, 4) is 11.1 Å². The minimum Gasteiger partial charge on any atom is -0.270 e. The summed E-state index contributed by atoms with van der Waals surface area (Å²) in [5, 5.41) is 4.02. The molecule has 1 aromatic carbocycles. The predicted octanol–water partition coefficient (Wildman–Crippen LogP) is 2.50. The van der Waals surface area contributed by atoms with Crippen LogP contribution in [-0.2, 0) is 0 Å². The summed E-state index contributed by atoms with van der Waals surface area (Å²) >= 11 is 0. The third-order valence-electron chi connectivity index (χ3n) is 2.02. The highest BCUT2D eigenvalue weighted by atomic mass is 15.2. The van der Waals surface area contributed by atoms with Crippen LogP contribution in [0.5, 0.6) is 0 Å². The molecule has 0 aliphatic carbocycles. The monoisotopic (exact) mass is 171 g/mol. The highest BCUT2D eigenvalue weighted by molar-refractivity contribution is 5.61. The van der Waals surface area contributed by atoms with Gasteiger partial charge in [0.1, 0.15) is 0 Å². The standard InChI is InChI=1S/C11H11N2/c1-9-3-5-10(6-4-9)11-7-12-13(2)8-11/h3-8H,2H2,1H3. The Kier molecular flexibility index (Phi) is 1.89. The van der Waals surface area contributed by atoms with Gasteiger partial charge in [0.25, 0.3) is 0 Å². The van der Waals surface area contributed by atoms with E-state index in [1.54, 1.807) is 4.68 Å². The molecule has 1 aromatic heterocycles. The highest BCUT2D eigenvalue weighted by Crippen LogP contribution is 2.18. The van der Waals surface area contributed by atoms with Gasteiger partial charge in [0.05, 0.1) is 13.2 Å². The molecule has 1 radical (unpaired) electrons. The Morgan fingerprint density at radius 1 is 1.15 bits per heavy atom. The normalized spacial score (nSPS) is 10.3. The van der Waals surface area contributed by atoms with Crippen LogP contribution in [0.3, 0.4) is 0 Å². The van der Waals surface area contributed by atoms with E-state index in [2.05, 4.69) is 43.3 Å². The van der Waals surface area contributed by atoms with Crippen molar-refractivity contribution in [2.75, 3.05) is 0 Å². The van der Waals surface area contributed by atoms with Gasteiger partial charge < -0.3 is 0 Å². The molecule has 0 aliphatic heterocycles. The molecule has 2 aromatic rings. The largest absolute Gasteiger partial charge is 0.270 e. The average molecular weight is 171 g/mol. The zero-order valence-electron chi connectivity index (χ0n) is 7.57. The van der Waals surface area contributed by atoms with Gasteiger partial charge >= 0.3 is 0 Å². The van der Waals surface area contributed by atoms with E-state index in [0.717, 1.165) is 5.56 Å². The van der Waals surface area contributed by atoms with Crippen LogP contribution in [0.15, 0.2) is 36.7 Å². The van der Waals surface area contributed by atoms with Crippen LogP contribution in [0, 0.1) is 14.0 Å². The van der Waals surface area contributed by atoms with Crippen molar-refractivity contribution in [2.24, 2.45) is 0 Å². The van der Waals surface area contributed by atoms with E-state index >= 15 is 0 Å². The number of hydrogen-bond donors (Lipinski definition) is 0. The second kappa shape index (κ2) is 3.05. The Bertz CT molecular complexity index is 398. The second-order valence-electron chi connectivity index (χ2n) is 3.13. The first-order chi connectivity index (χ1) is 6.25. The maximum absolute atomic E-state index is 4.02. The number of hydrogen-bond acceptors (Lipinski definition) is 1. The summed E-state index contributed by atoms with van der Waals surface area (Å²) in [7, 11) is 3.69. The van der Waals surface area contributed by atoms with E-state index in [1.165, 1.54) is 11.1 Å². The summed E-state index contributed by atoms with van der Waals surface area (Å²) in [6.45, 7) is 2.08. The van der Waals surface area contributed by atoms with Crippen molar-refractivity contribution in [1.82, 2.24) is 9.78 Å². The summed E-state index contributed by atoms with van der Waals surface area (Å²) in [6.07, 6.45) is 3.72. The van der Waals surface area contributed by atoms with Gasteiger partial charge in [-0.1, -0.05) is 29.8 Å². The van der Waals surface area contributed by atoms with E-state index < -0.39 is 0 Å². The van der Waals surface area contributed by atoms with Gasteiger partial charge in [0.2, 0.25) is 0 Å². The van der Waals surface area contributed by atoms with E-state index in [4.69, 9.17) is 0 Å². The van der Waals surface area contributed by atoms with Crippen LogP contribution in [0.2, 0.25) is 0 Å². The quantitative estimate of drug-likeness (QED) is 0.644. The summed E-state index contributed by atoms with van der Waals surface area (Å²) in [5.74, 6) is 0. The molecular weight excluding hydrogens is 160 g/mol. The summed E-state index contributed by atoms with van der Waals surface area (Å²) in [5.41, 5.74) is 3.56. The van der Waals surface area contributed by atoms with Crippen molar-refractivity contribution < 1.29 is 0 Å². The Hall–Kier alpha value is -1.57. The van der Waals surface area contributed by atoms with Crippen LogP contribution < -0.4 is 0 Å². The summed E-state index contributed by atoms with van der Waals surface area (Å²) in [4.78, 5) is 0. The Labute approximate surface area is 77.8 Å². The molecule has 2 rings (SSSR count). The lowest BCUT2D eigenvalue weighted by atomic mass is 10.1. The number of nitrogens with zero attached hydrogens (tertiary/aromatic N) is 2. The van der Waals surface area contributed by atoms with Gasteiger partial charge in [0.15, 0.2) is 0 Å². The molecule has 0 spiro atoms. The molecule has 0 amide bonds. The zero-order chi connectivity index (χ0) is 9.26. The van der Waals surface area contributed by atoms with Crippen molar-refractivity contribution in [3.05, 3.63) is 49.3 Å². The minimum atomic E-state index is 1.11. The lowest BCUT2D eigenvalue weighted by molar-refractivity contribution is 0.877. The number of benzene rings is 1. The molecule has 0 saturated carbocycles. The molecule has 13 heavy (non-hydrogen) atoms. The summed E-state index contributed by atoms with van der Waals surface area (Å²) in [6, 6.07) is 8.37. The van der Waals surface area contributed by atoms with Crippen LogP contribution in [-0.4, -0.2) is 9.78 Å². The number of aryl methyl sites for hydroxylation is 1. The lowest BCUT2D eigenvalue weighted by Crippen LogP contribution is -1.80. The van der Waals surface area contributed by atoms with Gasteiger partial charge in [-0.3, -0.25) is 4.68 Å². The Balaban J connectivity index is 2.41. The van der Waals surface area contributed by atoms with Crippen molar-refractivity contribution in [2.45, 2.75) is 6.92 Å². The Morgan fingerprint density at radius 3 is 2.38 bits per heavy atom. The predicted molar refractivity (Wildman–Crippen MR) is 53.2 cm³/mol. The zero-order valence-corrected chi connectivity index (χ0v) is 7.57. The van der Waals surface area contributed by atoms with Crippen molar-refractivity contribution >= 4 is 0 Å². The third kappa shape index (κ3) is 1.61. The summed E-state index contributed by atoms with van der Waals surface area (Å²) < 4.78 is 1.56. The molecule has 2 nitrogen and oxygen atoms in total. The fourth-order valence-electron chi connectivity index (χ4n) is 1.26. The van der Waals surface area contributed by atoms with E-state index in [9.17, 15) is 0 Å². The van der Waals surface area contributed by atoms with E-state index in [-0.39, 0.29) is 0 Å². The Morgan fingerprint density at radius 2 is 1.85 bits per heavy atom. The molecular formula is C11H11N2. The maximum atomic E-state index is 4.02. The lowest BCUT2D eigenvalue weighted by Gasteiger charge is -1.96. The first-order valence-corrected chi connectivity index (χ1v) is 4.18. The van der Waals surface area contributed by atoms with Gasteiger partial charge in [-0.15, -0.1) is 0 Å². The van der Waals surface area contributed by atoms with Gasteiger partial charge in [0, 0.05) is 11.8 Å². The van der Waals surface area contributed by atoms with Crippen LogP contribution in [0.1, 0.15) is 5.56 Å². The maximum Gasteiger partial charge on any atom is 0.0605 e. The van der Waals surface area contributed by atoms with Crippen LogP contribution in [0.4, 0.5) is 0 Å². The van der Waals surface area contributed by atoms with Gasteiger partial charge in [-0.05, 0) is 12.5 Å². The molecule has 0 saturated heterocycles. The van der Waals surface area contributed by atoms with Gasteiger partial charge in [-0.2, -0.15) is 5.10 Å². The molecule has 1 heterocycles. The molecule has 0 unspecified atom stereocenters. The number of rotatable bonds is 1. The first-order valence-electron chi connectivity index (χ1n) is 4.18. The topological polar surface area (TPSA) is 17.8 Å². The van der Waals surface area contributed by atoms with E-state index in [0.29, 0.717) is 0 Å². The molecule has 0 atom stereocenters. The van der Waals surface area contributed by atoms with Crippen LogP contribution >= 0.6 is 0 Å². The molecule has 65 valence electrons. The SMILES string of the molecule is [CH2]n1cc(-c2ccc(C)cc2)cn1. The van der Waals surface area contributed by atoms with E-state index in [1.807, 2.05) is 12.4 Å². The number of aromatic nitrogens is 2. The molecule has 0 N–H and O–H groups in total. The average Bonchev–Trinajstić information content (AvgIpc) is 2.53. The first kappa shape index (κ1) is 8.05. The van der Waals surface area contributed by atoms with Crippen molar-refractivity contribution in [3.63, 3.8) is 0 Å². The minimum absolute atomic E-state index is 1.11. The molecule has 0 aliphatic rings. The smallest absolute Gasteiger partial charge is 0.0605 e. The van der Waals surface area contributed by atoms with Gasteiger partial charge in [-0.25, -0.2) is 0 Å². The van der Waals surface area contributed by atoms with Crippen molar-refractivity contribution in [1.29, 1.82) is 0 Å². The van der Waals surface area contributed by atoms with Crippen LogP contribution in [0.25, 0.3) is 11.1 Å². The third-order valence-corrected chi connectivity index (χ3v) is 2.02. The fraction of sp³-hybridized carbons (Fsp3) is 0.0909.